The number of carboxylic acid groups (broad SMARTS) is 1. The lowest BCUT2D eigenvalue weighted by molar-refractivity contribution is -0.141. The Hall–Kier alpha value is -1.66. The molecule has 1 unspecified atom stereocenters. The van der Waals surface area contributed by atoms with Crippen LogP contribution in [0.5, 0.6) is 0 Å². The SMILES string of the molecule is CCCCC[C@@H](O)C=CC1CCC(=O)N1CC=CCOCC(=O)O. The van der Waals surface area contributed by atoms with Gasteiger partial charge < -0.3 is 19.8 Å². The molecule has 0 spiro atoms. The van der Waals surface area contributed by atoms with Crippen molar-refractivity contribution in [2.24, 2.45) is 0 Å². The van der Waals surface area contributed by atoms with E-state index >= 15 is 0 Å². The molecule has 0 aromatic carbocycles. The van der Waals surface area contributed by atoms with Crippen molar-refractivity contribution in [2.75, 3.05) is 19.8 Å². The van der Waals surface area contributed by atoms with Crippen LogP contribution in [-0.2, 0) is 14.3 Å². The second kappa shape index (κ2) is 11.8. The Labute approximate surface area is 143 Å². The van der Waals surface area contributed by atoms with Gasteiger partial charge in [0.15, 0.2) is 0 Å². The average Bonchev–Trinajstić information content (AvgIpc) is 2.89. The minimum absolute atomic E-state index is 0.0166. The topological polar surface area (TPSA) is 87.1 Å². The fourth-order valence-corrected chi connectivity index (χ4v) is 2.62. The lowest BCUT2D eigenvalue weighted by Gasteiger charge is -2.21. The van der Waals surface area contributed by atoms with Crippen LogP contribution in [0.3, 0.4) is 0 Å². The van der Waals surface area contributed by atoms with Crippen molar-refractivity contribution in [2.45, 2.75) is 57.6 Å². The molecule has 0 radical (unpaired) electrons. The summed E-state index contributed by atoms with van der Waals surface area (Å²) in [5, 5.41) is 18.4. The lowest BCUT2D eigenvalue weighted by atomic mass is 10.1. The normalized spacial score (nSPS) is 19.7. The van der Waals surface area contributed by atoms with Gasteiger partial charge in [-0.3, -0.25) is 4.79 Å². The molecule has 1 aliphatic rings. The highest BCUT2D eigenvalue weighted by Crippen LogP contribution is 2.20. The summed E-state index contributed by atoms with van der Waals surface area (Å²) >= 11 is 0. The molecule has 2 atom stereocenters. The smallest absolute Gasteiger partial charge is 0.329 e. The largest absolute Gasteiger partial charge is 0.480 e. The molecular weight excluding hydrogens is 310 g/mol. The summed E-state index contributed by atoms with van der Waals surface area (Å²) in [5.74, 6) is -0.901. The van der Waals surface area contributed by atoms with E-state index in [1.54, 1.807) is 17.1 Å². The van der Waals surface area contributed by atoms with E-state index in [9.17, 15) is 14.7 Å². The summed E-state index contributed by atoms with van der Waals surface area (Å²) in [5.41, 5.74) is 0. The van der Waals surface area contributed by atoms with Crippen molar-refractivity contribution in [1.82, 2.24) is 4.90 Å². The van der Waals surface area contributed by atoms with Gasteiger partial charge in [-0.15, -0.1) is 0 Å². The van der Waals surface area contributed by atoms with E-state index in [0.717, 1.165) is 32.1 Å². The Kier molecular flexibility index (Phi) is 10.0. The first-order valence-corrected chi connectivity index (χ1v) is 8.65. The molecule has 0 saturated carbocycles. The Bertz CT molecular complexity index is 447. The first kappa shape index (κ1) is 20.4. The van der Waals surface area contributed by atoms with Crippen molar-refractivity contribution in [3.8, 4) is 0 Å². The molecule has 6 nitrogen and oxygen atoms in total. The number of carboxylic acids is 1. The number of aliphatic hydroxyl groups is 1. The van der Waals surface area contributed by atoms with Gasteiger partial charge in [-0.1, -0.05) is 50.5 Å². The fourth-order valence-electron chi connectivity index (χ4n) is 2.62. The molecule has 0 bridgehead atoms. The first-order chi connectivity index (χ1) is 11.5. The third kappa shape index (κ3) is 8.26. The summed E-state index contributed by atoms with van der Waals surface area (Å²) in [6.07, 6.45) is 12.1. The van der Waals surface area contributed by atoms with E-state index in [1.807, 2.05) is 12.2 Å². The van der Waals surface area contributed by atoms with E-state index < -0.39 is 12.1 Å². The third-order valence-electron chi connectivity index (χ3n) is 3.94. The number of aliphatic hydroxyl groups excluding tert-OH is 1. The van der Waals surface area contributed by atoms with Gasteiger partial charge >= 0.3 is 5.97 Å². The number of amides is 1. The number of aliphatic carboxylic acids is 1. The van der Waals surface area contributed by atoms with E-state index in [0.29, 0.717) is 13.0 Å². The summed E-state index contributed by atoms with van der Waals surface area (Å²) < 4.78 is 4.90. The zero-order valence-corrected chi connectivity index (χ0v) is 14.4. The maximum absolute atomic E-state index is 11.9. The Morgan fingerprint density at radius 1 is 1.42 bits per heavy atom. The van der Waals surface area contributed by atoms with Crippen molar-refractivity contribution >= 4 is 11.9 Å². The molecule has 6 heteroatoms. The number of carbonyl (C=O) groups is 2. The molecule has 0 aromatic rings. The molecule has 0 aliphatic carbocycles. The number of unbranched alkanes of at least 4 members (excludes halogenated alkanes) is 2. The first-order valence-electron chi connectivity index (χ1n) is 8.65. The van der Waals surface area contributed by atoms with Crippen LogP contribution < -0.4 is 0 Å². The molecule has 1 rings (SSSR count). The zero-order chi connectivity index (χ0) is 17.8. The molecule has 136 valence electrons. The summed E-state index contributed by atoms with van der Waals surface area (Å²) in [6.45, 7) is 2.49. The average molecular weight is 339 g/mol. The quantitative estimate of drug-likeness (QED) is 0.420. The fraction of sp³-hybridized carbons (Fsp3) is 0.667. The van der Waals surface area contributed by atoms with Gasteiger partial charge in [0, 0.05) is 13.0 Å². The monoisotopic (exact) mass is 339 g/mol. The Morgan fingerprint density at radius 2 is 2.21 bits per heavy atom. The zero-order valence-electron chi connectivity index (χ0n) is 14.4. The Balaban J connectivity index is 2.37. The number of likely N-dealkylation sites (tertiary alicyclic amines) is 1. The number of hydrogen-bond donors (Lipinski definition) is 2. The molecule has 1 heterocycles. The van der Waals surface area contributed by atoms with Gasteiger partial charge in [0.25, 0.3) is 0 Å². The highest BCUT2D eigenvalue weighted by molar-refractivity contribution is 5.79. The summed E-state index contributed by atoms with van der Waals surface area (Å²) in [4.78, 5) is 24.0. The highest BCUT2D eigenvalue weighted by atomic mass is 16.5. The number of carbonyl (C=O) groups excluding carboxylic acids is 1. The minimum atomic E-state index is -0.999. The maximum atomic E-state index is 11.9. The number of hydrogen-bond acceptors (Lipinski definition) is 4. The second-order valence-electron chi connectivity index (χ2n) is 5.98. The van der Waals surface area contributed by atoms with Crippen molar-refractivity contribution in [1.29, 1.82) is 0 Å². The maximum Gasteiger partial charge on any atom is 0.329 e. The predicted octanol–water partition coefficient (Wildman–Crippen LogP) is 2.13. The van der Waals surface area contributed by atoms with E-state index in [1.165, 1.54) is 0 Å². The molecule has 1 saturated heterocycles. The molecule has 1 amide bonds. The van der Waals surface area contributed by atoms with E-state index in [-0.39, 0.29) is 25.2 Å². The molecule has 1 fully saturated rings. The van der Waals surface area contributed by atoms with E-state index in [2.05, 4.69) is 6.92 Å². The van der Waals surface area contributed by atoms with Crippen LogP contribution in [0.4, 0.5) is 0 Å². The Morgan fingerprint density at radius 3 is 2.92 bits per heavy atom. The standard InChI is InChI=1S/C18H29NO5/c1-2-3-4-7-16(20)10-8-15-9-11-17(21)19(15)12-5-6-13-24-14-18(22)23/h5-6,8,10,15-16,20H,2-4,7,9,11-14H2,1H3,(H,22,23)/t15?,16-/m1/s1. The van der Waals surface area contributed by atoms with Crippen molar-refractivity contribution in [3.05, 3.63) is 24.3 Å². The third-order valence-corrected chi connectivity index (χ3v) is 3.94. The van der Waals surface area contributed by atoms with Crippen LogP contribution in [0, 0.1) is 0 Å². The molecule has 2 N–H and O–H groups in total. The van der Waals surface area contributed by atoms with Crippen LogP contribution in [-0.4, -0.2) is 58.9 Å². The van der Waals surface area contributed by atoms with Gasteiger partial charge in [0.05, 0.1) is 18.8 Å². The van der Waals surface area contributed by atoms with Gasteiger partial charge in [0.1, 0.15) is 6.61 Å². The lowest BCUT2D eigenvalue weighted by Crippen LogP contribution is -2.32. The molecule has 0 aromatic heterocycles. The van der Waals surface area contributed by atoms with Crippen LogP contribution in [0.1, 0.15) is 45.4 Å². The van der Waals surface area contributed by atoms with Crippen LogP contribution in [0.2, 0.25) is 0 Å². The second-order valence-corrected chi connectivity index (χ2v) is 5.98. The van der Waals surface area contributed by atoms with Crippen LogP contribution >= 0.6 is 0 Å². The summed E-state index contributed by atoms with van der Waals surface area (Å²) in [7, 11) is 0. The molecular formula is C18H29NO5. The highest BCUT2D eigenvalue weighted by Gasteiger charge is 2.27. The van der Waals surface area contributed by atoms with Gasteiger partial charge in [-0.25, -0.2) is 4.79 Å². The van der Waals surface area contributed by atoms with Gasteiger partial charge in [-0.2, -0.15) is 0 Å². The van der Waals surface area contributed by atoms with Crippen molar-refractivity contribution < 1.29 is 24.5 Å². The number of ether oxygens (including phenoxy) is 1. The van der Waals surface area contributed by atoms with E-state index in [4.69, 9.17) is 9.84 Å². The molecule has 24 heavy (non-hydrogen) atoms. The van der Waals surface area contributed by atoms with Gasteiger partial charge in [0.2, 0.25) is 5.91 Å². The predicted molar refractivity (Wildman–Crippen MR) is 91.6 cm³/mol. The summed E-state index contributed by atoms with van der Waals surface area (Å²) in [6, 6.07) is 0.0166. The van der Waals surface area contributed by atoms with Crippen LogP contribution in [0.15, 0.2) is 24.3 Å². The molecule has 1 aliphatic heterocycles. The number of nitrogens with zero attached hydrogens (tertiary/aromatic N) is 1. The number of rotatable bonds is 12. The minimum Gasteiger partial charge on any atom is -0.480 e. The van der Waals surface area contributed by atoms with Gasteiger partial charge in [-0.05, 0) is 12.8 Å². The van der Waals surface area contributed by atoms with Crippen molar-refractivity contribution in [3.63, 3.8) is 0 Å². The van der Waals surface area contributed by atoms with Crippen LogP contribution in [0.25, 0.3) is 0 Å².